The number of rotatable bonds is 11. The SMILES string of the molecule is CCCCCC=C[C@H]1CCC(=O)[C@@H]1CC=CCCC(O)C(=O)O. The molecule has 1 fully saturated rings. The highest BCUT2D eigenvalue weighted by Gasteiger charge is 2.31. The van der Waals surface area contributed by atoms with Crippen LogP contribution in [0.25, 0.3) is 0 Å². The number of aliphatic hydroxyl groups excluding tert-OH is 1. The summed E-state index contributed by atoms with van der Waals surface area (Å²) in [4.78, 5) is 22.5. The fraction of sp³-hybridized carbons (Fsp3) is 0.684. The maximum Gasteiger partial charge on any atom is 0.332 e. The fourth-order valence-corrected chi connectivity index (χ4v) is 2.99. The predicted octanol–water partition coefficient (Wildman–Crippen LogP) is 3.89. The molecule has 3 atom stereocenters. The molecule has 0 aliphatic heterocycles. The first-order chi connectivity index (χ1) is 11.1. The number of aliphatic carboxylic acids is 1. The molecule has 4 heteroatoms. The van der Waals surface area contributed by atoms with E-state index >= 15 is 0 Å². The van der Waals surface area contributed by atoms with Crippen molar-refractivity contribution in [2.45, 2.75) is 70.8 Å². The summed E-state index contributed by atoms with van der Waals surface area (Å²) in [6.07, 6.45) is 14.8. The van der Waals surface area contributed by atoms with Gasteiger partial charge in [0.2, 0.25) is 0 Å². The van der Waals surface area contributed by atoms with Crippen LogP contribution in [0.1, 0.15) is 64.7 Å². The third-order valence-electron chi connectivity index (χ3n) is 4.46. The number of hydrogen-bond donors (Lipinski definition) is 2. The Morgan fingerprint density at radius 3 is 2.74 bits per heavy atom. The Bertz CT molecular complexity index is 425. The van der Waals surface area contributed by atoms with Crippen LogP contribution in [-0.4, -0.2) is 28.1 Å². The second-order valence-corrected chi connectivity index (χ2v) is 6.34. The van der Waals surface area contributed by atoms with E-state index in [0.29, 0.717) is 31.0 Å². The lowest BCUT2D eigenvalue weighted by molar-refractivity contribution is -0.146. The lowest BCUT2D eigenvalue weighted by atomic mass is 9.91. The van der Waals surface area contributed by atoms with Crippen LogP contribution < -0.4 is 0 Å². The van der Waals surface area contributed by atoms with E-state index < -0.39 is 12.1 Å². The molecular formula is C19H30O4. The Balaban J connectivity index is 2.34. The molecule has 0 heterocycles. The summed E-state index contributed by atoms with van der Waals surface area (Å²) in [7, 11) is 0. The summed E-state index contributed by atoms with van der Waals surface area (Å²) in [6.45, 7) is 2.19. The first kappa shape index (κ1) is 19.6. The number of carboxylic acids is 1. The number of allylic oxidation sites excluding steroid dienone is 4. The third-order valence-corrected chi connectivity index (χ3v) is 4.46. The van der Waals surface area contributed by atoms with Crippen molar-refractivity contribution in [2.24, 2.45) is 11.8 Å². The van der Waals surface area contributed by atoms with Crippen molar-refractivity contribution in [3.8, 4) is 0 Å². The smallest absolute Gasteiger partial charge is 0.332 e. The minimum Gasteiger partial charge on any atom is -0.479 e. The summed E-state index contributed by atoms with van der Waals surface area (Å²) in [5, 5.41) is 17.8. The van der Waals surface area contributed by atoms with Gasteiger partial charge in [-0.3, -0.25) is 4.79 Å². The number of ketones is 1. The van der Waals surface area contributed by atoms with E-state index in [1.807, 2.05) is 12.2 Å². The van der Waals surface area contributed by atoms with E-state index in [-0.39, 0.29) is 12.3 Å². The maximum absolute atomic E-state index is 12.0. The summed E-state index contributed by atoms with van der Waals surface area (Å²) in [6, 6.07) is 0. The van der Waals surface area contributed by atoms with Crippen molar-refractivity contribution in [1.82, 2.24) is 0 Å². The lowest BCUT2D eigenvalue weighted by Crippen LogP contribution is -2.18. The van der Waals surface area contributed by atoms with Gasteiger partial charge in [-0.15, -0.1) is 0 Å². The van der Waals surface area contributed by atoms with Gasteiger partial charge in [-0.2, -0.15) is 0 Å². The molecule has 1 saturated carbocycles. The van der Waals surface area contributed by atoms with Crippen LogP contribution in [0, 0.1) is 11.8 Å². The first-order valence-corrected chi connectivity index (χ1v) is 8.81. The Morgan fingerprint density at radius 1 is 1.26 bits per heavy atom. The molecule has 1 aliphatic carbocycles. The quantitative estimate of drug-likeness (QED) is 0.447. The van der Waals surface area contributed by atoms with Gasteiger partial charge in [-0.05, 0) is 44.4 Å². The van der Waals surface area contributed by atoms with Gasteiger partial charge in [0.1, 0.15) is 5.78 Å². The highest BCUT2D eigenvalue weighted by atomic mass is 16.4. The van der Waals surface area contributed by atoms with Crippen molar-refractivity contribution < 1.29 is 19.8 Å². The minimum atomic E-state index is -1.30. The lowest BCUT2D eigenvalue weighted by Gasteiger charge is -2.12. The molecule has 0 aromatic carbocycles. The van der Waals surface area contributed by atoms with Crippen LogP contribution in [0.15, 0.2) is 24.3 Å². The Hall–Kier alpha value is -1.42. The van der Waals surface area contributed by atoms with E-state index in [1.54, 1.807) is 0 Å². The molecule has 0 amide bonds. The van der Waals surface area contributed by atoms with Gasteiger partial charge in [-0.1, -0.05) is 44.1 Å². The van der Waals surface area contributed by atoms with Gasteiger partial charge in [0.15, 0.2) is 6.10 Å². The molecule has 0 aromatic rings. The van der Waals surface area contributed by atoms with Crippen LogP contribution in [0.4, 0.5) is 0 Å². The number of aliphatic hydroxyl groups is 1. The largest absolute Gasteiger partial charge is 0.479 e. The van der Waals surface area contributed by atoms with E-state index in [1.165, 1.54) is 19.3 Å². The standard InChI is InChI=1S/C19H30O4/c1-2-3-4-5-7-10-15-13-14-17(20)16(15)11-8-6-9-12-18(21)19(22)23/h6-8,10,15-16,18,21H,2-5,9,11-14H2,1H3,(H,22,23)/t15-,16+,18?/m0/s1. The zero-order chi connectivity index (χ0) is 17.1. The first-order valence-electron chi connectivity index (χ1n) is 8.81. The van der Waals surface area contributed by atoms with E-state index in [0.717, 1.165) is 12.8 Å². The van der Waals surface area contributed by atoms with Crippen molar-refractivity contribution in [3.63, 3.8) is 0 Å². The predicted molar refractivity (Wildman–Crippen MR) is 91.1 cm³/mol. The summed E-state index contributed by atoms with van der Waals surface area (Å²) >= 11 is 0. The molecule has 0 saturated heterocycles. The van der Waals surface area contributed by atoms with Crippen LogP contribution >= 0.6 is 0 Å². The molecule has 0 radical (unpaired) electrons. The van der Waals surface area contributed by atoms with Crippen LogP contribution in [0.3, 0.4) is 0 Å². The number of unbranched alkanes of at least 4 members (excludes halogenated alkanes) is 3. The Labute approximate surface area is 139 Å². The second-order valence-electron chi connectivity index (χ2n) is 6.34. The topological polar surface area (TPSA) is 74.6 Å². The van der Waals surface area contributed by atoms with Crippen LogP contribution in [0.2, 0.25) is 0 Å². The number of carbonyl (C=O) groups excluding carboxylic acids is 1. The molecule has 2 N–H and O–H groups in total. The minimum absolute atomic E-state index is 0.0677. The Kier molecular flexibility index (Phi) is 9.53. The fourth-order valence-electron chi connectivity index (χ4n) is 2.99. The molecule has 130 valence electrons. The number of Topliss-reactive ketones (excluding diaryl/α,β-unsaturated/α-hetero) is 1. The summed E-state index contributed by atoms with van der Waals surface area (Å²) in [5.41, 5.74) is 0. The van der Waals surface area contributed by atoms with Crippen molar-refractivity contribution in [2.75, 3.05) is 0 Å². The molecule has 4 nitrogen and oxygen atoms in total. The van der Waals surface area contributed by atoms with Crippen molar-refractivity contribution in [3.05, 3.63) is 24.3 Å². The van der Waals surface area contributed by atoms with Gasteiger partial charge >= 0.3 is 5.97 Å². The highest BCUT2D eigenvalue weighted by molar-refractivity contribution is 5.83. The molecule has 1 unspecified atom stereocenters. The van der Waals surface area contributed by atoms with Crippen LogP contribution in [-0.2, 0) is 9.59 Å². The van der Waals surface area contributed by atoms with Gasteiger partial charge in [0.25, 0.3) is 0 Å². The average Bonchev–Trinajstić information content (AvgIpc) is 2.87. The van der Waals surface area contributed by atoms with Crippen molar-refractivity contribution >= 4 is 11.8 Å². The second kappa shape index (κ2) is 11.2. The van der Waals surface area contributed by atoms with E-state index in [2.05, 4.69) is 19.1 Å². The normalized spacial score (nSPS) is 23.1. The number of carboxylic acid groups (broad SMARTS) is 1. The van der Waals surface area contributed by atoms with E-state index in [4.69, 9.17) is 5.11 Å². The third kappa shape index (κ3) is 7.60. The molecule has 23 heavy (non-hydrogen) atoms. The molecule has 0 bridgehead atoms. The molecule has 0 spiro atoms. The van der Waals surface area contributed by atoms with Crippen molar-refractivity contribution in [1.29, 1.82) is 0 Å². The number of carbonyl (C=O) groups is 2. The highest BCUT2D eigenvalue weighted by Crippen LogP contribution is 2.32. The molecule has 1 aliphatic rings. The van der Waals surface area contributed by atoms with Gasteiger partial charge in [0, 0.05) is 12.3 Å². The average molecular weight is 322 g/mol. The summed E-state index contributed by atoms with van der Waals surface area (Å²) < 4.78 is 0. The summed E-state index contributed by atoms with van der Waals surface area (Å²) in [5.74, 6) is -0.433. The van der Waals surface area contributed by atoms with Gasteiger partial charge < -0.3 is 10.2 Å². The molecular weight excluding hydrogens is 292 g/mol. The van der Waals surface area contributed by atoms with Gasteiger partial charge in [-0.25, -0.2) is 4.79 Å². The number of hydrogen-bond acceptors (Lipinski definition) is 3. The maximum atomic E-state index is 12.0. The van der Waals surface area contributed by atoms with Gasteiger partial charge in [0.05, 0.1) is 0 Å². The Morgan fingerprint density at radius 2 is 2.04 bits per heavy atom. The monoisotopic (exact) mass is 322 g/mol. The zero-order valence-electron chi connectivity index (χ0n) is 14.1. The molecule has 0 aromatic heterocycles. The molecule has 1 rings (SSSR count). The van der Waals surface area contributed by atoms with Crippen LogP contribution in [0.5, 0.6) is 0 Å². The zero-order valence-corrected chi connectivity index (χ0v) is 14.1. The van der Waals surface area contributed by atoms with E-state index in [9.17, 15) is 14.7 Å².